The zero-order valence-corrected chi connectivity index (χ0v) is 13.6. The number of nitrogens with zero attached hydrogens (tertiary/aromatic N) is 2. The molecule has 0 atom stereocenters. The second kappa shape index (κ2) is 7.30. The number of rotatable bonds is 4. The first kappa shape index (κ1) is 15.6. The summed E-state index contributed by atoms with van der Waals surface area (Å²) in [6.07, 6.45) is 1.21. The van der Waals surface area contributed by atoms with Gasteiger partial charge in [0.15, 0.2) is 0 Å². The Hall–Kier alpha value is -0.770. The largest absolute Gasteiger partial charge is 0.370 e. The van der Waals surface area contributed by atoms with Crippen LogP contribution in [0.3, 0.4) is 0 Å². The van der Waals surface area contributed by atoms with E-state index in [9.17, 15) is 0 Å². The first-order valence-corrected chi connectivity index (χ1v) is 7.90. The molecule has 1 saturated heterocycles. The van der Waals surface area contributed by atoms with Crippen molar-refractivity contribution in [3.63, 3.8) is 0 Å². The molecule has 0 aromatic heterocycles. The lowest BCUT2D eigenvalue weighted by Crippen LogP contribution is -2.30. The summed E-state index contributed by atoms with van der Waals surface area (Å²) in [6.45, 7) is 9.64. The summed E-state index contributed by atoms with van der Waals surface area (Å²) in [5.74, 6) is 0. The number of halogens is 1. The van der Waals surface area contributed by atoms with Gasteiger partial charge in [-0.3, -0.25) is 0 Å². The Morgan fingerprint density at radius 2 is 2.00 bits per heavy atom. The molecule has 0 bridgehead atoms. The van der Waals surface area contributed by atoms with Gasteiger partial charge in [-0.25, -0.2) is 0 Å². The van der Waals surface area contributed by atoms with Crippen LogP contribution in [0, 0.1) is 0 Å². The Morgan fingerprint density at radius 1 is 1.20 bits per heavy atom. The van der Waals surface area contributed by atoms with Crippen LogP contribution in [0.4, 0.5) is 5.69 Å². The predicted molar refractivity (Wildman–Crippen MR) is 87.8 cm³/mol. The lowest BCUT2D eigenvalue weighted by molar-refractivity contribution is 0.360. The van der Waals surface area contributed by atoms with Gasteiger partial charge in [0.05, 0.1) is 0 Å². The van der Waals surface area contributed by atoms with Crippen LogP contribution in [0.25, 0.3) is 0 Å². The summed E-state index contributed by atoms with van der Waals surface area (Å²) < 4.78 is 0. The molecule has 0 radical (unpaired) electrons. The first-order valence-electron chi connectivity index (χ1n) is 7.52. The molecule has 20 heavy (non-hydrogen) atoms. The van der Waals surface area contributed by atoms with Crippen molar-refractivity contribution in [1.82, 2.24) is 10.2 Å². The monoisotopic (exact) mass is 295 g/mol. The summed E-state index contributed by atoms with van der Waals surface area (Å²) in [5, 5.41) is 4.35. The van der Waals surface area contributed by atoms with Crippen LogP contribution in [0.1, 0.15) is 25.8 Å². The zero-order valence-electron chi connectivity index (χ0n) is 12.8. The van der Waals surface area contributed by atoms with E-state index in [0.717, 1.165) is 31.2 Å². The Bertz CT molecular complexity index is 434. The summed E-state index contributed by atoms with van der Waals surface area (Å²) in [4.78, 5) is 4.88. The van der Waals surface area contributed by atoms with Gasteiger partial charge in [-0.1, -0.05) is 31.5 Å². The number of nitrogens with one attached hydrogen (secondary N) is 1. The van der Waals surface area contributed by atoms with Crippen molar-refractivity contribution in [3.8, 4) is 0 Å². The number of likely N-dealkylation sites (N-methyl/N-ethyl adjacent to an activating group) is 1. The average molecular weight is 296 g/mol. The smallest absolute Gasteiger partial charge is 0.0471 e. The van der Waals surface area contributed by atoms with Gasteiger partial charge in [-0.05, 0) is 32.1 Å². The van der Waals surface area contributed by atoms with Gasteiger partial charge in [-0.2, -0.15) is 0 Å². The Balaban J connectivity index is 2.19. The third kappa shape index (κ3) is 4.11. The maximum absolute atomic E-state index is 6.42. The maximum atomic E-state index is 6.42. The minimum atomic E-state index is 0.467. The minimum Gasteiger partial charge on any atom is -0.370 e. The Labute approximate surface area is 127 Å². The molecule has 1 aliphatic rings. The third-order valence-corrected chi connectivity index (χ3v) is 4.20. The maximum Gasteiger partial charge on any atom is 0.0471 e. The van der Waals surface area contributed by atoms with Gasteiger partial charge in [0, 0.05) is 48.5 Å². The molecule has 0 aliphatic carbocycles. The lowest BCUT2D eigenvalue weighted by atomic mass is 10.1. The van der Waals surface area contributed by atoms with Gasteiger partial charge in [0.2, 0.25) is 0 Å². The predicted octanol–water partition coefficient (Wildman–Crippen LogP) is 2.98. The lowest BCUT2D eigenvalue weighted by Gasteiger charge is -2.26. The van der Waals surface area contributed by atoms with Crippen molar-refractivity contribution >= 4 is 17.3 Å². The van der Waals surface area contributed by atoms with E-state index in [4.69, 9.17) is 11.6 Å². The standard InChI is InChI=1S/C16H26ClN3/c1-13(2)18-12-14-15(17)6-4-7-16(14)20-9-5-8-19(3)10-11-20/h4,6-7,13,18H,5,8-12H2,1-3H3. The van der Waals surface area contributed by atoms with Crippen molar-refractivity contribution in [2.24, 2.45) is 0 Å². The van der Waals surface area contributed by atoms with E-state index in [1.807, 2.05) is 6.07 Å². The average Bonchev–Trinajstić information content (AvgIpc) is 2.62. The summed E-state index contributed by atoms with van der Waals surface area (Å²) in [7, 11) is 2.20. The van der Waals surface area contributed by atoms with Crippen molar-refractivity contribution in [2.75, 3.05) is 38.1 Å². The number of benzene rings is 1. The highest BCUT2D eigenvalue weighted by Gasteiger charge is 2.17. The molecule has 1 aromatic carbocycles. The number of hydrogen-bond acceptors (Lipinski definition) is 3. The third-order valence-electron chi connectivity index (χ3n) is 3.84. The molecular weight excluding hydrogens is 270 g/mol. The zero-order chi connectivity index (χ0) is 14.5. The molecule has 1 heterocycles. The topological polar surface area (TPSA) is 18.5 Å². The van der Waals surface area contributed by atoms with Crippen LogP contribution in [-0.4, -0.2) is 44.2 Å². The highest BCUT2D eigenvalue weighted by atomic mass is 35.5. The molecule has 0 amide bonds. The van der Waals surface area contributed by atoms with Crippen LogP contribution in [0.15, 0.2) is 18.2 Å². The van der Waals surface area contributed by atoms with Crippen LogP contribution in [-0.2, 0) is 6.54 Å². The summed E-state index contributed by atoms with van der Waals surface area (Å²) in [6, 6.07) is 6.72. The molecule has 1 N–H and O–H groups in total. The van der Waals surface area contributed by atoms with E-state index in [2.05, 4.69) is 48.1 Å². The molecule has 3 nitrogen and oxygen atoms in total. The molecule has 0 saturated carbocycles. The molecule has 1 aromatic rings. The van der Waals surface area contributed by atoms with E-state index in [-0.39, 0.29) is 0 Å². The van der Waals surface area contributed by atoms with Crippen LogP contribution >= 0.6 is 11.6 Å². The van der Waals surface area contributed by atoms with Gasteiger partial charge in [0.25, 0.3) is 0 Å². The normalized spacial score (nSPS) is 17.6. The molecule has 1 fully saturated rings. The van der Waals surface area contributed by atoms with Crippen molar-refractivity contribution in [2.45, 2.75) is 32.9 Å². The van der Waals surface area contributed by atoms with Crippen molar-refractivity contribution < 1.29 is 0 Å². The SMILES string of the molecule is CC(C)NCc1c(Cl)cccc1N1CCCN(C)CC1. The van der Waals surface area contributed by atoms with Gasteiger partial charge in [-0.15, -0.1) is 0 Å². The minimum absolute atomic E-state index is 0.467. The number of anilines is 1. The van der Waals surface area contributed by atoms with E-state index in [1.165, 1.54) is 24.2 Å². The fourth-order valence-corrected chi connectivity index (χ4v) is 2.85. The highest BCUT2D eigenvalue weighted by molar-refractivity contribution is 6.31. The van der Waals surface area contributed by atoms with Crippen LogP contribution in [0.5, 0.6) is 0 Å². The van der Waals surface area contributed by atoms with Gasteiger partial charge in [0.1, 0.15) is 0 Å². The quantitative estimate of drug-likeness (QED) is 0.921. The molecule has 2 rings (SSSR count). The fraction of sp³-hybridized carbons (Fsp3) is 0.625. The molecular formula is C16H26ClN3. The van der Waals surface area contributed by atoms with E-state index in [0.29, 0.717) is 6.04 Å². The molecule has 112 valence electrons. The fourth-order valence-electron chi connectivity index (χ4n) is 2.61. The van der Waals surface area contributed by atoms with Gasteiger partial charge < -0.3 is 15.1 Å². The molecule has 4 heteroatoms. The first-order chi connectivity index (χ1) is 9.58. The van der Waals surface area contributed by atoms with Crippen molar-refractivity contribution in [1.29, 1.82) is 0 Å². The van der Waals surface area contributed by atoms with Crippen molar-refractivity contribution in [3.05, 3.63) is 28.8 Å². The number of hydrogen-bond donors (Lipinski definition) is 1. The van der Waals surface area contributed by atoms with Crippen LogP contribution < -0.4 is 10.2 Å². The van der Waals surface area contributed by atoms with Crippen LogP contribution in [0.2, 0.25) is 5.02 Å². The van der Waals surface area contributed by atoms with E-state index < -0.39 is 0 Å². The van der Waals surface area contributed by atoms with Gasteiger partial charge >= 0.3 is 0 Å². The Morgan fingerprint density at radius 3 is 2.75 bits per heavy atom. The second-order valence-corrected chi connectivity index (χ2v) is 6.32. The second-order valence-electron chi connectivity index (χ2n) is 5.92. The molecule has 0 unspecified atom stereocenters. The molecule has 0 spiro atoms. The molecule has 1 aliphatic heterocycles. The van der Waals surface area contributed by atoms with E-state index in [1.54, 1.807) is 0 Å². The summed E-state index contributed by atoms with van der Waals surface area (Å²) >= 11 is 6.42. The van der Waals surface area contributed by atoms with E-state index >= 15 is 0 Å². The summed E-state index contributed by atoms with van der Waals surface area (Å²) in [5.41, 5.74) is 2.52. The Kier molecular flexibility index (Phi) is 5.70. The highest BCUT2D eigenvalue weighted by Crippen LogP contribution is 2.28.